The van der Waals surface area contributed by atoms with Gasteiger partial charge in [-0.15, -0.1) is 0 Å². The average Bonchev–Trinajstić information content (AvgIpc) is 3.38. The minimum Gasteiger partial charge on any atom is -0.319 e. The van der Waals surface area contributed by atoms with Gasteiger partial charge >= 0.3 is 0 Å². The van der Waals surface area contributed by atoms with E-state index >= 15 is 0 Å². The Morgan fingerprint density at radius 3 is 2.44 bits per heavy atom. The predicted octanol–water partition coefficient (Wildman–Crippen LogP) is 5.85. The summed E-state index contributed by atoms with van der Waals surface area (Å²) < 4.78 is 3.84. The van der Waals surface area contributed by atoms with Gasteiger partial charge in [0.15, 0.2) is 0 Å². The third kappa shape index (κ3) is 4.28. The molecular weight excluding hydrogens is 448 g/mol. The van der Waals surface area contributed by atoms with Gasteiger partial charge in [-0.05, 0) is 57.9 Å². The molecule has 0 aliphatic rings. The SMILES string of the molecule is CCn1cc(-c2cc(C(=O)Nc3c(C)nn(Cc4ccccc4C)c3C)c3ccccc3n2)c(C)n1. The van der Waals surface area contributed by atoms with Crippen molar-refractivity contribution in [3.63, 3.8) is 0 Å². The molecule has 7 nitrogen and oxygen atoms in total. The molecule has 0 spiro atoms. The van der Waals surface area contributed by atoms with Gasteiger partial charge in [-0.1, -0.05) is 42.5 Å². The van der Waals surface area contributed by atoms with E-state index in [9.17, 15) is 4.79 Å². The number of fused-ring (bicyclic) bond motifs is 1. The maximum atomic E-state index is 13.7. The fourth-order valence-corrected chi connectivity index (χ4v) is 4.59. The second-order valence-corrected chi connectivity index (χ2v) is 9.14. The second-order valence-electron chi connectivity index (χ2n) is 9.14. The van der Waals surface area contributed by atoms with Crippen LogP contribution in [0.25, 0.3) is 22.2 Å². The Balaban J connectivity index is 1.52. The summed E-state index contributed by atoms with van der Waals surface area (Å²) in [7, 11) is 0. The van der Waals surface area contributed by atoms with Crippen LogP contribution in [-0.2, 0) is 13.1 Å². The highest BCUT2D eigenvalue weighted by molar-refractivity contribution is 6.13. The number of rotatable bonds is 6. The number of pyridine rings is 1. The van der Waals surface area contributed by atoms with E-state index in [0.29, 0.717) is 12.1 Å². The first kappa shape index (κ1) is 23.5. The molecule has 5 aromatic rings. The lowest BCUT2D eigenvalue weighted by molar-refractivity contribution is 0.102. The molecule has 7 heteroatoms. The van der Waals surface area contributed by atoms with Gasteiger partial charge in [0.25, 0.3) is 5.91 Å². The zero-order valence-electron chi connectivity index (χ0n) is 21.3. The minimum atomic E-state index is -0.183. The van der Waals surface area contributed by atoms with Crippen LogP contribution >= 0.6 is 0 Å². The normalized spacial score (nSPS) is 11.2. The third-order valence-electron chi connectivity index (χ3n) is 6.71. The number of amides is 1. The van der Waals surface area contributed by atoms with Crippen LogP contribution in [0.3, 0.4) is 0 Å². The molecular formula is C29H30N6O. The average molecular weight is 479 g/mol. The van der Waals surface area contributed by atoms with Crippen molar-refractivity contribution < 1.29 is 4.79 Å². The van der Waals surface area contributed by atoms with E-state index in [4.69, 9.17) is 10.1 Å². The van der Waals surface area contributed by atoms with E-state index in [0.717, 1.165) is 51.5 Å². The van der Waals surface area contributed by atoms with Crippen molar-refractivity contribution >= 4 is 22.5 Å². The summed E-state index contributed by atoms with van der Waals surface area (Å²) in [5.74, 6) is -0.183. The Morgan fingerprint density at radius 2 is 1.69 bits per heavy atom. The molecule has 0 radical (unpaired) electrons. The molecule has 0 saturated carbocycles. The number of nitrogens with zero attached hydrogens (tertiary/aromatic N) is 5. The Kier molecular flexibility index (Phi) is 6.14. The molecule has 3 aromatic heterocycles. The van der Waals surface area contributed by atoms with Crippen LogP contribution in [0.2, 0.25) is 0 Å². The van der Waals surface area contributed by atoms with Gasteiger partial charge in [-0.3, -0.25) is 14.2 Å². The summed E-state index contributed by atoms with van der Waals surface area (Å²) in [5, 5.41) is 13.2. The maximum Gasteiger partial charge on any atom is 0.256 e. The molecule has 5 rings (SSSR count). The predicted molar refractivity (Wildman–Crippen MR) is 143 cm³/mol. The molecule has 2 aromatic carbocycles. The van der Waals surface area contributed by atoms with Crippen molar-refractivity contribution in [1.82, 2.24) is 24.5 Å². The minimum absolute atomic E-state index is 0.183. The van der Waals surface area contributed by atoms with Crippen LogP contribution in [0.1, 0.15) is 45.5 Å². The van der Waals surface area contributed by atoms with E-state index in [2.05, 4.69) is 29.5 Å². The third-order valence-corrected chi connectivity index (χ3v) is 6.71. The number of hydrogen-bond donors (Lipinski definition) is 1. The smallest absolute Gasteiger partial charge is 0.256 e. The lowest BCUT2D eigenvalue weighted by Crippen LogP contribution is -2.14. The highest BCUT2D eigenvalue weighted by Gasteiger charge is 2.20. The summed E-state index contributed by atoms with van der Waals surface area (Å²) in [6, 6.07) is 17.9. The van der Waals surface area contributed by atoms with E-state index in [1.54, 1.807) is 0 Å². The first-order valence-electron chi connectivity index (χ1n) is 12.2. The molecule has 0 aliphatic heterocycles. The molecule has 36 heavy (non-hydrogen) atoms. The molecule has 0 unspecified atom stereocenters. The van der Waals surface area contributed by atoms with Crippen molar-refractivity contribution in [3.8, 4) is 11.3 Å². The van der Waals surface area contributed by atoms with E-state index < -0.39 is 0 Å². The first-order chi connectivity index (χ1) is 17.4. The lowest BCUT2D eigenvalue weighted by Gasteiger charge is -2.11. The number of aromatic nitrogens is 5. The summed E-state index contributed by atoms with van der Waals surface area (Å²) in [6.45, 7) is 11.5. The van der Waals surface area contributed by atoms with Crippen molar-refractivity contribution in [3.05, 3.63) is 94.6 Å². The van der Waals surface area contributed by atoms with Gasteiger partial charge in [0.05, 0.1) is 46.1 Å². The fourth-order valence-electron chi connectivity index (χ4n) is 4.59. The monoisotopic (exact) mass is 478 g/mol. The topological polar surface area (TPSA) is 77.6 Å². The van der Waals surface area contributed by atoms with Crippen LogP contribution in [0.4, 0.5) is 5.69 Å². The van der Waals surface area contributed by atoms with Crippen LogP contribution in [0.15, 0.2) is 60.8 Å². The van der Waals surface area contributed by atoms with Crippen LogP contribution in [0, 0.1) is 27.7 Å². The quantitative estimate of drug-likeness (QED) is 0.332. The highest BCUT2D eigenvalue weighted by atomic mass is 16.1. The maximum absolute atomic E-state index is 13.7. The number of carbonyl (C=O) groups excluding carboxylic acids is 1. The molecule has 3 heterocycles. The van der Waals surface area contributed by atoms with Gasteiger partial charge in [0, 0.05) is 23.7 Å². The van der Waals surface area contributed by atoms with Gasteiger partial charge in [-0.25, -0.2) is 4.98 Å². The standard InChI is InChI=1S/C29H30N6O/c1-6-34-17-25(19(3)32-34)27-15-24(23-13-9-10-14-26(23)30-27)29(36)31-28-20(4)33-35(21(28)5)16-22-12-8-7-11-18(22)2/h7-15,17H,6,16H2,1-5H3,(H,31,36). The van der Waals surface area contributed by atoms with Crippen molar-refractivity contribution in [1.29, 1.82) is 0 Å². The fraction of sp³-hybridized carbons (Fsp3) is 0.241. The first-order valence-corrected chi connectivity index (χ1v) is 12.2. The molecule has 1 N–H and O–H groups in total. The largest absolute Gasteiger partial charge is 0.319 e. The number of aryl methyl sites for hydroxylation is 4. The highest BCUT2D eigenvalue weighted by Crippen LogP contribution is 2.28. The van der Waals surface area contributed by atoms with Crippen molar-refractivity contribution in [2.75, 3.05) is 5.32 Å². The van der Waals surface area contributed by atoms with Gasteiger partial charge in [0.1, 0.15) is 0 Å². The van der Waals surface area contributed by atoms with Crippen LogP contribution in [0.5, 0.6) is 0 Å². The molecule has 0 aliphatic carbocycles. The molecule has 0 saturated heterocycles. The summed E-state index contributed by atoms with van der Waals surface area (Å²) in [4.78, 5) is 18.5. The van der Waals surface area contributed by atoms with E-state index in [1.807, 2.05) is 85.7 Å². The number of benzene rings is 2. The van der Waals surface area contributed by atoms with Crippen molar-refractivity contribution in [2.45, 2.75) is 47.7 Å². The summed E-state index contributed by atoms with van der Waals surface area (Å²) in [5.41, 5.74) is 8.76. The summed E-state index contributed by atoms with van der Waals surface area (Å²) >= 11 is 0. The Hall–Kier alpha value is -4.26. The summed E-state index contributed by atoms with van der Waals surface area (Å²) in [6.07, 6.45) is 1.98. The molecule has 1 amide bonds. The van der Waals surface area contributed by atoms with Crippen LogP contribution < -0.4 is 5.32 Å². The number of anilines is 1. The van der Waals surface area contributed by atoms with Gasteiger partial charge in [0.2, 0.25) is 0 Å². The number of hydrogen-bond acceptors (Lipinski definition) is 4. The van der Waals surface area contributed by atoms with E-state index in [-0.39, 0.29) is 5.91 Å². The Bertz CT molecular complexity index is 1590. The number of carbonyl (C=O) groups is 1. The molecule has 0 bridgehead atoms. The van der Waals surface area contributed by atoms with Gasteiger partial charge < -0.3 is 5.32 Å². The Labute approximate surface area is 210 Å². The molecule has 0 fully saturated rings. The van der Waals surface area contributed by atoms with E-state index in [1.165, 1.54) is 11.1 Å². The van der Waals surface area contributed by atoms with Gasteiger partial charge in [-0.2, -0.15) is 10.2 Å². The molecule has 182 valence electrons. The lowest BCUT2D eigenvalue weighted by atomic mass is 10.0. The number of nitrogens with one attached hydrogen (secondary N) is 1. The Morgan fingerprint density at radius 1 is 0.944 bits per heavy atom. The zero-order valence-corrected chi connectivity index (χ0v) is 21.3. The number of para-hydroxylation sites is 1. The van der Waals surface area contributed by atoms with Crippen LogP contribution in [-0.4, -0.2) is 30.5 Å². The van der Waals surface area contributed by atoms with Crippen molar-refractivity contribution in [2.24, 2.45) is 0 Å². The zero-order chi connectivity index (χ0) is 25.4. The second kappa shape index (κ2) is 9.41. The molecule has 0 atom stereocenters.